The van der Waals surface area contributed by atoms with Crippen molar-refractivity contribution in [3.8, 4) is 0 Å². The van der Waals surface area contributed by atoms with Crippen molar-refractivity contribution in [3.05, 3.63) is 70.8 Å². The van der Waals surface area contributed by atoms with Crippen LogP contribution in [-0.4, -0.2) is 48.9 Å². The zero-order valence-electron chi connectivity index (χ0n) is 18.0. The zero-order valence-corrected chi connectivity index (χ0v) is 18.0. The topological polar surface area (TPSA) is 87.7 Å². The molecule has 0 saturated carbocycles. The van der Waals surface area contributed by atoms with Crippen molar-refractivity contribution in [1.82, 2.24) is 15.5 Å². The van der Waals surface area contributed by atoms with Crippen LogP contribution < -0.4 is 10.6 Å². The Bertz CT molecular complexity index is 903. The number of nitrogens with zero attached hydrogens (tertiary/aromatic N) is 1. The van der Waals surface area contributed by atoms with E-state index in [0.717, 1.165) is 16.7 Å². The molecular weight excluding hydrogens is 394 g/mol. The van der Waals surface area contributed by atoms with Crippen LogP contribution in [0.2, 0.25) is 0 Å². The first kappa shape index (κ1) is 22.5. The van der Waals surface area contributed by atoms with Crippen LogP contribution >= 0.6 is 0 Å². The molecule has 1 heterocycles. The molecule has 0 aliphatic carbocycles. The van der Waals surface area contributed by atoms with Gasteiger partial charge in [0.05, 0.1) is 25.7 Å². The van der Waals surface area contributed by atoms with Crippen molar-refractivity contribution in [2.75, 3.05) is 26.3 Å². The summed E-state index contributed by atoms with van der Waals surface area (Å²) in [5.41, 5.74) is 3.53. The maximum absolute atomic E-state index is 12.5. The number of aryl methyl sites for hydroxylation is 1. The van der Waals surface area contributed by atoms with E-state index in [9.17, 15) is 14.4 Å². The summed E-state index contributed by atoms with van der Waals surface area (Å²) in [6, 6.07) is 14.6. The molecule has 7 heteroatoms. The highest BCUT2D eigenvalue weighted by atomic mass is 16.5. The molecule has 7 nitrogen and oxygen atoms in total. The number of amides is 3. The summed E-state index contributed by atoms with van der Waals surface area (Å²) in [4.78, 5) is 38.4. The maximum atomic E-state index is 12.5. The van der Waals surface area contributed by atoms with Crippen molar-refractivity contribution in [2.24, 2.45) is 0 Å². The van der Waals surface area contributed by atoms with Crippen LogP contribution in [0.3, 0.4) is 0 Å². The van der Waals surface area contributed by atoms with Gasteiger partial charge in [0, 0.05) is 32.1 Å². The molecular formula is C24H29N3O4. The number of carbonyl (C=O) groups excluding carboxylic acids is 3. The van der Waals surface area contributed by atoms with Gasteiger partial charge in [-0.3, -0.25) is 14.4 Å². The Kier molecular flexibility index (Phi) is 7.78. The smallest absolute Gasteiger partial charge is 0.254 e. The van der Waals surface area contributed by atoms with E-state index in [1.54, 1.807) is 17.0 Å². The number of morpholine rings is 1. The third-order valence-corrected chi connectivity index (χ3v) is 5.24. The van der Waals surface area contributed by atoms with Crippen LogP contribution in [0.25, 0.3) is 0 Å². The molecule has 0 bridgehead atoms. The first-order chi connectivity index (χ1) is 14.9. The van der Waals surface area contributed by atoms with Crippen molar-refractivity contribution in [2.45, 2.75) is 32.9 Å². The van der Waals surface area contributed by atoms with Gasteiger partial charge in [0.2, 0.25) is 11.8 Å². The van der Waals surface area contributed by atoms with Crippen molar-refractivity contribution in [1.29, 1.82) is 0 Å². The molecule has 1 fully saturated rings. The Hall–Kier alpha value is -3.19. The number of nitrogens with one attached hydrogen (secondary N) is 2. The third kappa shape index (κ3) is 6.65. The minimum Gasteiger partial charge on any atom is -0.378 e. The summed E-state index contributed by atoms with van der Waals surface area (Å²) in [5, 5.41) is 5.74. The lowest BCUT2D eigenvalue weighted by molar-refractivity contribution is -0.122. The summed E-state index contributed by atoms with van der Waals surface area (Å²) in [5.74, 6) is -0.346. The van der Waals surface area contributed by atoms with Gasteiger partial charge in [-0.15, -0.1) is 0 Å². The monoisotopic (exact) mass is 423 g/mol. The van der Waals surface area contributed by atoms with Crippen molar-refractivity contribution >= 4 is 17.7 Å². The highest BCUT2D eigenvalue weighted by Gasteiger charge is 2.19. The lowest BCUT2D eigenvalue weighted by Crippen LogP contribution is -2.40. The van der Waals surface area contributed by atoms with Crippen LogP contribution in [0.5, 0.6) is 0 Å². The minimum absolute atomic E-state index is 0.00451. The molecule has 0 spiro atoms. The number of ether oxygens (including phenoxy) is 1. The summed E-state index contributed by atoms with van der Waals surface area (Å²) in [7, 11) is 0. The van der Waals surface area contributed by atoms with E-state index in [1.807, 2.05) is 43.3 Å². The van der Waals surface area contributed by atoms with Crippen molar-refractivity contribution < 1.29 is 19.1 Å². The van der Waals surface area contributed by atoms with Gasteiger partial charge >= 0.3 is 0 Å². The van der Waals surface area contributed by atoms with Gasteiger partial charge in [-0.2, -0.15) is 0 Å². The average Bonchev–Trinajstić information content (AvgIpc) is 2.78. The van der Waals surface area contributed by atoms with Crippen LogP contribution in [0.1, 0.15) is 46.4 Å². The summed E-state index contributed by atoms with van der Waals surface area (Å²) in [6.07, 6.45) is 0.149. The Morgan fingerprint density at radius 1 is 1.00 bits per heavy atom. The molecule has 1 aliphatic heterocycles. The molecule has 0 radical (unpaired) electrons. The molecule has 31 heavy (non-hydrogen) atoms. The molecule has 1 atom stereocenters. The fourth-order valence-electron chi connectivity index (χ4n) is 3.47. The average molecular weight is 424 g/mol. The normalized spacial score (nSPS) is 14.6. The first-order valence-corrected chi connectivity index (χ1v) is 10.5. The first-order valence-electron chi connectivity index (χ1n) is 10.5. The standard InChI is InChI=1S/C24H29N3O4/c1-17-3-7-20(8-4-17)22(26-18(2)28)15-23(29)25-16-19-5-9-21(10-6-19)24(30)27-11-13-31-14-12-27/h3-10,22H,11-16H2,1-2H3,(H,25,29)(H,26,28). The number of hydrogen-bond donors (Lipinski definition) is 2. The number of hydrogen-bond acceptors (Lipinski definition) is 4. The van der Waals surface area contributed by atoms with Gasteiger partial charge < -0.3 is 20.3 Å². The Labute approximate surface area is 182 Å². The van der Waals surface area contributed by atoms with E-state index >= 15 is 0 Å². The molecule has 0 aromatic heterocycles. The molecule has 2 aromatic rings. The molecule has 1 unspecified atom stereocenters. The summed E-state index contributed by atoms with van der Waals surface area (Å²) in [6.45, 7) is 6.13. The van der Waals surface area contributed by atoms with Gasteiger partial charge in [0.1, 0.15) is 0 Å². The SMILES string of the molecule is CC(=O)NC(CC(=O)NCc1ccc(C(=O)N2CCOCC2)cc1)c1ccc(C)cc1. The van der Waals surface area contributed by atoms with Gasteiger partial charge in [0.15, 0.2) is 0 Å². The fraction of sp³-hybridized carbons (Fsp3) is 0.375. The predicted octanol–water partition coefficient (Wildman–Crippen LogP) is 2.35. The quantitative estimate of drug-likeness (QED) is 0.716. The van der Waals surface area contributed by atoms with Gasteiger partial charge in [-0.1, -0.05) is 42.0 Å². The van der Waals surface area contributed by atoms with Crippen LogP contribution in [-0.2, 0) is 20.9 Å². The molecule has 1 saturated heterocycles. The summed E-state index contributed by atoms with van der Waals surface area (Å²) < 4.78 is 5.28. The highest BCUT2D eigenvalue weighted by Crippen LogP contribution is 2.18. The van der Waals surface area contributed by atoms with Crippen LogP contribution in [0.4, 0.5) is 0 Å². The van der Waals surface area contributed by atoms with E-state index in [1.165, 1.54) is 6.92 Å². The minimum atomic E-state index is -0.383. The second kappa shape index (κ2) is 10.7. The largest absolute Gasteiger partial charge is 0.378 e. The number of rotatable bonds is 7. The van der Waals surface area contributed by atoms with Crippen LogP contribution in [0.15, 0.2) is 48.5 Å². The molecule has 3 amide bonds. The lowest BCUT2D eigenvalue weighted by Gasteiger charge is -2.26. The third-order valence-electron chi connectivity index (χ3n) is 5.24. The maximum Gasteiger partial charge on any atom is 0.254 e. The van der Waals surface area contributed by atoms with Gasteiger partial charge in [-0.05, 0) is 30.2 Å². The highest BCUT2D eigenvalue weighted by molar-refractivity contribution is 5.94. The van der Waals surface area contributed by atoms with Crippen molar-refractivity contribution in [3.63, 3.8) is 0 Å². The van der Waals surface area contributed by atoms with Gasteiger partial charge in [-0.25, -0.2) is 0 Å². The van der Waals surface area contributed by atoms with E-state index in [4.69, 9.17) is 4.74 Å². The van der Waals surface area contributed by atoms with Crippen LogP contribution in [0, 0.1) is 6.92 Å². The lowest BCUT2D eigenvalue weighted by atomic mass is 10.0. The fourth-order valence-corrected chi connectivity index (χ4v) is 3.47. The Balaban J connectivity index is 1.54. The van der Waals surface area contributed by atoms with Gasteiger partial charge in [0.25, 0.3) is 5.91 Å². The molecule has 2 N–H and O–H groups in total. The van der Waals surface area contributed by atoms with E-state index in [0.29, 0.717) is 38.4 Å². The second-order valence-corrected chi connectivity index (χ2v) is 7.75. The Morgan fingerprint density at radius 3 is 2.26 bits per heavy atom. The summed E-state index contributed by atoms with van der Waals surface area (Å²) >= 11 is 0. The second-order valence-electron chi connectivity index (χ2n) is 7.75. The molecule has 2 aromatic carbocycles. The number of carbonyl (C=O) groups is 3. The van der Waals surface area contributed by atoms with E-state index < -0.39 is 0 Å². The zero-order chi connectivity index (χ0) is 22.2. The molecule has 3 rings (SSSR count). The van der Waals surface area contributed by atoms with E-state index in [2.05, 4.69) is 10.6 Å². The molecule has 1 aliphatic rings. The Morgan fingerprint density at radius 2 is 1.65 bits per heavy atom. The van der Waals surface area contributed by atoms with E-state index in [-0.39, 0.29) is 30.2 Å². The number of benzene rings is 2. The molecule has 164 valence electrons. The predicted molar refractivity (Wildman–Crippen MR) is 117 cm³/mol.